The molecule has 9 heteroatoms. The van der Waals surface area contributed by atoms with E-state index in [2.05, 4.69) is 0 Å². The molecule has 1 aliphatic heterocycles. The van der Waals surface area contributed by atoms with Gasteiger partial charge in [-0.05, 0) is 18.6 Å². The first-order chi connectivity index (χ1) is 11.3. The lowest BCUT2D eigenvalue weighted by Crippen LogP contribution is -2.57. The Morgan fingerprint density at radius 1 is 1.25 bits per heavy atom. The van der Waals surface area contributed by atoms with Gasteiger partial charge in [-0.1, -0.05) is 18.2 Å². The maximum Gasteiger partial charge on any atom is 0.471 e. The zero-order chi connectivity index (χ0) is 17.7. The lowest BCUT2D eigenvalue weighted by Gasteiger charge is -2.36. The van der Waals surface area contributed by atoms with Gasteiger partial charge in [-0.3, -0.25) is 4.79 Å². The highest BCUT2D eigenvalue weighted by molar-refractivity contribution is 5.89. The second-order valence-electron chi connectivity index (χ2n) is 5.08. The Labute approximate surface area is 135 Å². The van der Waals surface area contributed by atoms with Crippen molar-refractivity contribution < 1.29 is 37.0 Å². The van der Waals surface area contributed by atoms with Gasteiger partial charge >= 0.3 is 18.1 Å². The van der Waals surface area contributed by atoms with Crippen LogP contribution in [0.4, 0.5) is 13.2 Å². The number of nitrogens with one attached hydrogen (secondary N) is 1. The molecule has 6 nitrogen and oxygen atoms in total. The van der Waals surface area contributed by atoms with Crippen molar-refractivity contribution in [2.45, 2.75) is 31.0 Å². The summed E-state index contributed by atoms with van der Waals surface area (Å²) in [6, 6.07) is 6.85. The number of carbonyl (C=O) groups is 2. The van der Waals surface area contributed by atoms with Crippen LogP contribution >= 0.6 is 0 Å². The van der Waals surface area contributed by atoms with Gasteiger partial charge in [-0.2, -0.15) is 13.2 Å². The number of esters is 1. The fraction of sp³-hybridized carbons (Fsp3) is 0.467. The summed E-state index contributed by atoms with van der Waals surface area (Å²) in [6.45, 7) is 0.0562. The molecule has 0 bridgehead atoms. The van der Waals surface area contributed by atoms with E-state index in [4.69, 9.17) is 14.2 Å². The minimum absolute atomic E-state index is 0.0500. The lowest BCUT2D eigenvalue weighted by molar-refractivity contribution is -0.214. The second-order valence-corrected chi connectivity index (χ2v) is 5.08. The van der Waals surface area contributed by atoms with Gasteiger partial charge < -0.3 is 19.5 Å². The standard InChI is InChI=1S/C15H16F3NO5/c1-22-13-11(24-12(20)9-5-3-2-4-6-9)10(7-8-23-13)19-14(21)15(16,17)18/h2-6,10-11,13H,7-8H2,1H3,(H,19,21)/t10-,11-,13-/m1/s1. The summed E-state index contributed by atoms with van der Waals surface area (Å²) in [4.78, 5) is 23.3. The third-order valence-corrected chi connectivity index (χ3v) is 3.43. The molecule has 24 heavy (non-hydrogen) atoms. The van der Waals surface area contributed by atoms with Crippen LogP contribution in [0.15, 0.2) is 30.3 Å². The van der Waals surface area contributed by atoms with Gasteiger partial charge in [0.1, 0.15) is 0 Å². The summed E-state index contributed by atoms with van der Waals surface area (Å²) < 4.78 is 52.9. The van der Waals surface area contributed by atoms with E-state index in [0.717, 1.165) is 0 Å². The lowest BCUT2D eigenvalue weighted by atomic mass is 10.0. The normalized spacial score (nSPS) is 24.2. The Bertz CT molecular complexity index is 578. The molecule has 0 spiro atoms. The van der Waals surface area contributed by atoms with E-state index >= 15 is 0 Å². The fourth-order valence-corrected chi connectivity index (χ4v) is 2.27. The average Bonchev–Trinajstić information content (AvgIpc) is 2.56. The van der Waals surface area contributed by atoms with Crippen LogP contribution in [-0.4, -0.2) is 50.2 Å². The smallest absolute Gasteiger partial charge is 0.451 e. The van der Waals surface area contributed by atoms with Crippen molar-refractivity contribution in [3.05, 3.63) is 35.9 Å². The molecule has 1 saturated heterocycles. The van der Waals surface area contributed by atoms with Crippen LogP contribution in [-0.2, 0) is 19.0 Å². The average molecular weight is 347 g/mol. The molecule has 1 aromatic rings. The number of hydrogen-bond acceptors (Lipinski definition) is 5. The van der Waals surface area contributed by atoms with Gasteiger partial charge in [0.15, 0.2) is 12.4 Å². The number of rotatable bonds is 4. The first-order valence-electron chi connectivity index (χ1n) is 7.11. The van der Waals surface area contributed by atoms with Crippen molar-refractivity contribution >= 4 is 11.9 Å². The number of ether oxygens (including phenoxy) is 3. The van der Waals surface area contributed by atoms with Crippen molar-refractivity contribution in [2.24, 2.45) is 0 Å². The number of methoxy groups -OCH3 is 1. The molecule has 1 N–H and O–H groups in total. The number of alkyl halides is 3. The topological polar surface area (TPSA) is 73.9 Å². The molecule has 0 aromatic heterocycles. The summed E-state index contributed by atoms with van der Waals surface area (Å²) in [5.41, 5.74) is 0.221. The number of hydrogen-bond donors (Lipinski definition) is 1. The summed E-state index contributed by atoms with van der Waals surface area (Å²) in [5.74, 6) is -2.86. The molecule has 2 rings (SSSR count). The van der Waals surface area contributed by atoms with Crippen LogP contribution in [0, 0.1) is 0 Å². The van der Waals surface area contributed by atoms with Gasteiger partial charge in [0.25, 0.3) is 0 Å². The predicted molar refractivity (Wildman–Crippen MR) is 75.0 cm³/mol. The molecule has 1 amide bonds. The molecule has 1 aliphatic rings. The first-order valence-corrected chi connectivity index (χ1v) is 7.11. The Morgan fingerprint density at radius 2 is 1.92 bits per heavy atom. The van der Waals surface area contributed by atoms with Crippen molar-refractivity contribution in [2.75, 3.05) is 13.7 Å². The van der Waals surface area contributed by atoms with E-state index in [1.807, 2.05) is 5.32 Å². The molecular weight excluding hydrogens is 331 g/mol. The highest BCUT2D eigenvalue weighted by Gasteiger charge is 2.44. The highest BCUT2D eigenvalue weighted by atomic mass is 19.4. The van der Waals surface area contributed by atoms with Crippen LogP contribution in [0.25, 0.3) is 0 Å². The summed E-state index contributed by atoms with van der Waals surface area (Å²) >= 11 is 0. The molecule has 1 aromatic carbocycles. The summed E-state index contributed by atoms with van der Waals surface area (Å²) in [6.07, 6.45) is -7.27. The van der Waals surface area contributed by atoms with E-state index in [0.29, 0.717) is 0 Å². The largest absolute Gasteiger partial charge is 0.471 e. The van der Waals surface area contributed by atoms with Crippen LogP contribution < -0.4 is 5.32 Å². The van der Waals surface area contributed by atoms with Crippen LogP contribution in [0.5, 0.6) is 0 Å². The van der Waals surface area contributed by atoms with Gasteiger partial charge in [0, 0.05) is 7.11 Å². The van der Waals surface area contributed by atoms with Crippen LogP contribution in [0.2, 0.25) is 0 Å². The Kier molecular flexibility index (Phi) is 5.79. The Morgan fingerprint density at radius 3 is 2.50 bits per heavy atom. The minimum Gasteiger partial charge on any atom is -0.451 e. The van der Waals surface area contributed by atoms with Gasteiger partial charge in [0.05, 0.1) is 18.2 Å². The monoisotopic (exact) mass is 347 g/mol. The Balaban J connectivity index is 2.13. The predicted octanol–water partition coefficient (Wildman–Crippen LogP) is 1.65. The SMILES string of the molecule is CO[C@@H]1OCC[C@@H](NC(=O)C(F)(F)F)[C@H]1OC(=O)c1ccccc1. The fourth-order valence-electron chi connectivity index (χ4n) is 2.27. The molecule has 0 unspecified atom stereocenters. The number of benzene rings is 1. The van der Waals surface area contributed by atoms with E-state index < -0.39 is 36.5 Å². The van der Waals surface area contributed by atoms with E-state index in [9.17, 15) is 22.8 Å². The summed E-state index contributed by atoms with van der Waals surface area (Å²) in [7, 11) is 1.27. The number of carbonyl (C=O) groups excluding carboxylic acids is 2. The van der Waals surface area contributed by atoms with Gasteiger partial charge in [0.2, 0.25) is 0 Å². The van der Waals surface area contributed by atoms with Crippen molar-refractivity contribution in [1.29, 1.82) is 0 Å². The zero-order valence-electron chi connectivity index (χ0n) is 12.7. The van der Waals surface area contributed by atoms with Gasteiger partial charge in [-0.25, -0.2) is 4.79 Å². The molecular formula is C15H16F3NO5. The molecule has 1 heterocycles. The van der Waals surface area contributed by atoms with E-state index in [1.54, 1.807) is 18.2 Å². The van der Waals surface area contributed by atoms with E-state index in [1.165, 1.54) is 19.2 Å². The molecule has 3 atom stereocenters. The third kappa shape index (κ3) is 4.45. The van der Waals surface area contributed by atoms with Gasteiger partial charge in [-0.15, -0.1) is 0 Å². The molecule has 1 fully saturated rings. The van der Waals surface area contributed by atoms with Crippen molar-refractivity contribution in [3.63, 3.8) is 0 Å². The molecule has 132 valence electrons. The van der Waals surface area contributed by atoms with E-state index in [-0.39, 0.29) is 18.6 Å². The van der Waals surface area contributed by atoms with Crippen LogP contribution in [0.3, 0.4) is 0 Å². The molecule has 0 aliphatic carbocycles. The third-order valence-electron chi connectivity index (χ3n) is 3.43. The Hall–Kier alpha value is -2.13. The van der Waals surface area contributed by atoms with Crippen molar-refractivity contribution in [1.82, 2.24) is 5.32 Å². The maximum absolute atomic E-state index is 12.5. The highest BCUT2D eigenvalue weighted by Crippen LogP contribution is 2.22. The summed E-state index contributed by atoms with van der Waals surface area (Å²) in [5, 5.41) is 1.83. The maximum atomic E-state index is 12.5. The van der Waals surface area contributed by atoms with Crippen LogP contribution in [0.1, 0.15) is 16.8 Å². The van der Waals surface area contributed by atoms with Crippen molar-refractivity contribution in [3.8, 4) is 0 Å². The number of halogens is 3. The molecule has 0 radical (unpaired) electrons. The quantitative estimate of drug-likeness (QED) is 0.839. The minimum atomic E-state index is -5.03. The second kappa shape index (κ2) is 7.63. The zero-order valence-corrected chi connectivity index (χ0v) is 12.7. The number of amides is 1. The first kappa shape index (κ1) is 18.2. The molecule has 0 saturated carbocycles.